The van der Waals surface area contributed by atoms with Crippen LogP contribution in [0.5, 0.6) is 0 Å². The van der Waals surface area contributed by atoms with Gasteiger partial charge in [0.1, 0.15) is 5.82 Å². The lowest BCUT2D eigenvalue weighted by atomic mass is 10.5. The van der Waals surface area contributed by atoms with Gasteiger partial charge in [-0.1, -0.05) is 11.8 Å². The van der Waals surface area contributed by atoms with E-state index in [1.807, 2.05) is 29.3 Å². The van der Waals surface area contributed by atoms with Crippen LogP contribution in [0.15, 0.2) is 17.7 Å². The highest BCUT2D eigenvalue weighted by molar-refractivity contribution is 7.98. The zero-order valence-corrected chi connectivity index (χ0v) is 10.8. The topological polar surface area (TPSA) is 74.5 Å². The number of nitrogens with zero attached hydrogens (tertiary/aromatic N) is 5. The van der Waals surface area contributed by atoms with E-state index in [9.17, 15) is 0 Å². The lowest BCUT2D eigenvalue weighted by molar-refractivity contribution is 0.627. The minimum absolute atomic E-state index is 0.595. The average Bonchev–Trinajstić information content (AvgIpc) is 2.86. The molecule has 0 fully saturated rings. The molecule has 2 heterocycles. The molecular formula is C10H16N6S. The predicted molar refractivity (Wildman–Crippen MR) is 66.6 cm³/mol. The van der Waals surface area contributed by atoms with E-state index < -0.39 is 0 Å². The Morgan fingerprint density at radius 2 is 2.24 bits per heavy atom. The summed E-state index contributed by atoms with van der Waals surface area (Å²) in [6, 6.07) is 0. The van der Waals surface area contributed by atoms with Gasteiger partial charge in [0, 0.05) is 37.8 Å². The molecule has 0 radical (unpaired) electrons. The van der Waals surface area contributed by atoms with Gasteiger partial charge in [0.15, 0.2) is 5.16 Å². The van der Waals surface area contributed by atoms with Crippen molar-refractivity contribution in [2.75, 3.05) is 6.54 Å². The molecule has 2 N–H and O–H groups in total. The molecule has 0 saturated heterocycles. The second-order valence-electron chi connectivity index (χ2n) is 3.75. The molecule has 0 aliphatic carbocycles. The van der Waals surface area contributed by atoms with Crippen molar-refractivity contribution in [3.05, 3.63) is 24.0 Å². The fraction of sp³-hybridized carbons (Fsp3) is 0.500. The summed E-state index contributed by atoms with van der Waals surface area (Å²) in [6.45, 7) is 3.29. The molecule has 0 aliphatic rings. The maximum atomic E-state index is 5.57. The fourth-order valence-electron chi connectivity index (χ4n) is 1.52. The molecule has 6 nitrogen and oxygen atoms in total. The molecule has 17 heavy (non-hydrogen) atoms. The van der Waals surface area contributed by atoms with Crippen molar-refractivity contribution >= 4 is 11.8 Å². The highest BCUT2D eigenvalue weighted by Gasteiger charge is 2.09. The number of hydrogen-bond donors (Lipinski definition) is 1. The lowest BCUT2D eigenvalue weighted by Gasteiger charge is -2.06. The van der Waals surface area contributed by atoms with Gasteiger partial charge >= 0.3 is 0 Å². The maximum absolute atomic E-state index is 5.57. The Hall–Kier alpha value is -1.34. The van der Waals surface area contributed by atoms with Crippen LogP contribution < -0.4 is 5.73 Å². The summed E-state index contributed by atoms with van der Waals surface area (Å²) in [4.78, 5) is 4.08. The van der Waals surface area contributed by atoms with Crippen molar-refractivity contribution in [3.8, 4) is 0 Å². The number of aryl methyl sites for hydroxylation is 2. The first-order chi connectivity index (χ1) is 8.22. The van der Waals surface area contributed by atoms with Crippen LogP contribution in [-0.4, -0.2) is 30.9 Å². The quantitative estimate of drug-likeness (QED) is 0.787. The van der Waals surface area contributed by atoms with E-state index in [1.54, 1.807) is 18.1 Å². The van der Waals surface area contributed by atoms with Gasteiger partial charge in [0.05, 0.1) is 6.33 Å². The molecule has 0 spiro atoms. The summed E-state index contributed by atoms with van der Waals surface area (Å²) in [6.07, 6.45) is 3.66. The van der Waals surface area contributed by atoms with Crippen molar-refractivity contribution in [3.63, 3.8) is 0 Å². The molecule has 0 unspecified atom stereocenters. The van der Waals surface area contributed by atoms with Gasteiger partial charge in [-0.05, 0) is 6.92 Å². The number of rotatable bonds is 5. The van der Waals surface area contributed by atoms with Gasteiger partial charge in [0.2, 0.25) is 0 Å². The predicted octanol–water partition coefficient (Wildman–Crippen LogP) is 0.571. The normalized spacial score (nSPS) is 11.0. The molecule has 0 atom stereocenters. The highest BCUT2D eigenvalue weighted by Crippen LogP contribution is 2.21. The Morgan fingerprint density at radius 1 is 1.41 bits per heavy atom. The molecular weight excluding hydrogens is 236 g/mol. The van der Waals surface area contributed by atoms with Crippen LogP contribution in [0.2, 0.25) is 0 Å². The van der Waals surface area contributed by atoms with Crippen molar-refractivity contribution in [2.45, 2.75) is 24.4 Å². The average molecular weight is 252 g/mol. The van der Waals surface area contributed by atoms with E-state index in [0.717, 1.165) is 29.0 Å². The van der Waals surface area contributed by atoms with E-state index in [2.05, 4.69) is 15.2 Å². The van der Waals surface area contributed by atoms with E-state index in [4.69, 9.17) is 5.73 Å². The molecule has 0 aliphatic heterocycles. The first-order valence-electron chi connectivity index (χ1n) is 5.40. The van der Waals surface area contributed by atoms with Gasteiger partial charge in [-0.15, -0.1) is 10.2 Å². The van der Waals surface area contributed by atoms with Crippen LogP contribution in [0.3, 0.4) is 0 Å². The van der Waals surface area contributed by atoms with Crippen molar-refractivity contribution in [1.82, 2.24) is 24.3 Å². The molecule has 2 aromatic rings. The Balaban J connectivity index is 2.06. The molecule has 2 rings (SSSR count). The number of imidazole rings is 1. The molecule has 0 saturated carbocycles. The first kappa shape index (κ1) is 12.1. The van der Waals surface area contributed by atoms with E-state index >= 15 is 0 Å². The first-order valence-corrected chi connectivity index (χ1v) is 6.38. The maximum Gasteiger partial charge on any atom is 0.191 e. The van der Waals surface area contributed by atoms with Crippen LogP contribution >= 0.6 is 11.8 Å². The number of aromatic nitrogens is 5. The zero-order valence-electron chi connectivity index (χ0n) is 10.00. The lowest BCUT2D eigenvalue weighted by Crippen LogP contribution is -2.12. The third kappa shape index (κ3) is 2.67. The third-order valence-corrected chi connectivity index (χ3v) is 3.52. The number of hydrogen-bond acceptors (Lipinski definition) is 5. The molecule has 92 valence electrons. The standard InChI is InChI=1S/C10H16N6S/c1-8-13-14-10(16(8)4-3-11)17-6-9-5-12-7-15(9)2/h5,7H,3-4,6,11H2,1-2H3. The van der Waals surface area contributed by atoms with Gasteiger partial charge in [0.25, 0.3) is 0 Å². The fourth-order valence-corrected chi connectivity index (χ4v) is 2.55. The number of thioether (sulfide) groups is 1. The summed E-state index contributed by atoms with van der Waals surface area (Å²) < 4.78 is 4.05. The Bertz CT molecular complexity index is 489. The molecule has 0 amide bonds. The van der Waals surface area contributed by atoms with Crippen LogP contribution in [0, 0.1) is 6.92 Å². The Morgan fingerprint density at radius 3 is 2.88 bits per heavy atom. The summed E-state index contributed by atoms with van der Waals surface area (Å²) in [5, 5.41) is 9.14. The van der Waals surface area contributed by atoms with Gasteiger partial charge < -0.3 is 14.9 Å². The second kappa shape index (κ2) is 5.33. The highest BCUT2D eigenvalue weighted by atomic mass is 32.2. The summed E-state index contributed by atoms with van der Waals surface area (Å²) >= 11 is 1.65. The van der Waals surface area contributed by atoms with E-state index in [0.29, 0.717) is 6.54 Å². The molecule has 2 aromatic heterocycles. The van der Waals surface area contributed by atoms with Crippen LogP contribution in [0.1, 0.15) is 11.5 Å². The Labute approximate surface area is 104 Å². The van der Waals surface area contributed by atoms with Gasteiger partial charge in [-0.25, -0.2) is 4.98 Å². The SMILES string of the molecule is Cc1nnc(SCc2cncn2C)n1CCN. The van der Waals surface area contributed by atoms with Crippen LogP contribution in [0.4, 0.5) is 0 Å². The summed E-state index contributed by atoms with van der Waals surface area (Å²) in [5.74, 6) is 1.74. The largest absolute Gasteiger partial charge is 0.337 e. The minimum atomic E-state index is 0.595. The molecule has 0 aromatic carbocycles. The smallest absolute Gasteiger partial charge is 0.191 e. The Kier molecular flexibility index (Phi) is 3.80. The van der Waals surface area contributed by atoms with Crippen LogP contribution in [-0.2, 0) is 19.3 Å². The molecule has 7 heteroatoms. The van der Waals surface area contributed by atoms with Crippen molar-refractivity contribution < 1.29 is 0 Å². The van der Waals surface area contributed by atoms with E-state index in [1.165, 1.54) is 0 Å². The monoisotopic (exact) mass is 252 g/mol. The third-order valence-electron chi connectivity index (χ3n) is 2.52. The van der Waals surface area contributed by atoms with Crippen LogP contribution in [0.25, 0.3) is 0 Å². The van der Waals surface area contributed by atoms with Crippen molar-refractivity contribution in [1.29, 1.82) is 0 Å². The molecule has 0 bridgehead atoms. The second-order valence-corrected chi connectivity index (χ2v) is 4.70. The number of nitrogens with two attached hydrogens (primary N) is 1. The minimum Gasteiger partial charge on any atom is -0.337 e. The zero-order chi connectivity index (χ0) is 12.3. The van der Waals surface area contributed by atoms with Crippen molar-refractivity contribution in [2.24, 2.45) is 12.8 Å². The summed E-state index contributed by atoms with van der Waals surface area (Å²) in [5.41, 5.74) is 6.73. The van der Waals surface area contributed by atoms with E-state index in [-0.39, 0.29) is 0 Å². The van der Waals surface area contributed by atoms with Gasteiger partial charge in [-0.2, -0.15) is 0 Å². The van der Waals surface area contributed by atoms with Gasteiger partial charge in [-0.3, -0.25) is 0 Å². The summed E-state index contributed by atoms with van der Waals surface area (Å²) in [7, 11) is 1.98.